The maximum absolute atomic E-state index is 9.99. The minimum Gasteiger partial charge on any atom is -0.374 e. The van der Waals surface area contributed by atoms with Crippen LogP contribution in [0.15, 0.2) is 11.2 Å². The molecule has 0 unspecified atom stereocenters. The highest BCUT2D eigenvalue weighted by Crippen LogP contribution is 2.06. The number of thiol groups is 1. The van der Waals surface area contributed by atoms with Crippen LogP contribution in [0.1, 0.15) is 0 Å². The van der Waals surface area contributed by atoms with Gasteiger partial charge in [0.25, 0.3) is 6.20 Å². The quantitative estimate of drug-likeness (QED) is 0.388. The Bertz CT molecular complexity index is 161. The van der Waals surface area contributed by atoms with Crippen LogP contribution in [0.2, 0.25) is 0 Å². The zero-order chi connectivity index (χ0) is 8.69. The third kappa shape index (κ3) is 6.05. The molecule has 0 aromatic heterocycles. The van der Waals surface area contributed by atoms with Crippen LogP contribution in [0.5, 0.6) is 0 Å². The van der Waals surface area contributed by atoms with Crippen molar-refractivity contribution in [2.45, 2.75) is 0 Å². The summed E-state index contributed by atoms with van der Waals surface area (Å²) in [6.45, 7) is 0.642. The maximum Gasteiger partial charge on any atom is 0.263 e. The molecule has 0 aliphatic carbocycles. The second-order valence-corrected chi connectivity index (χ2v) is 2.93. The normalized spacial score (nSPS) is 11.3. The van der Waals surface area contributed by atoms with E-state index in [1.807, 2.05) is 0 Å². The molecule has 0 saturated heterocycles. The van der Waals surface area contributed by atoms with Crippen LogP contribution >= 0.6 is 24.4 Å². The molecule has 0 rings (SSSR count). The molecule has 0 atom stereocenters. The molecule has 0 amide bonds. The minimum atomic E-state index is -0.475. The monoisotopic (exact) mass is 194 g/mol. The van der Waals surface area contributed by atoms with Crippen LogP contribution in [0, 0.1) is 10.1 Å². The summed E-state index contributed by atoms with van der Waals surface area (Å²) in [5.74, 6) is 0.662. The fraction of sp³-hybridized carbons (Fsp3) is 0.600. The highest BCUT2D eigenvalue weighted by molar-refractivity contribution is 8.02. The lowest BCUT2D eigenvalue weighted by atomic mass is 10.7. The third-order valence-corrected chi connectivity index (χ3v) is 1.77. The second kappa shape index (κ2) is 6.36. The van der Waals surface area contributed by atoms with E-state index in [0.717, 1.165) is 6.20 Å². The van der Waals surface area contributed by atoms with Crippen molar-refractivity contribution in [3.8, 4) is 0 Å². The summed E-state index contributed by atoms with van der Waals surface area (Å²) < 4.78 is 0. The first-order valence-corrected chi connectivity index (χ1v) is 4.80. The zero-order valence-corrected chi connectivity index (χ0v) is 7.82. The molecule has 11 heavy (non-hydrogen) atoms. The molecule has 0 aromatic rings. The molecule has 1 N–H and O–H groups in total. The molecule has 4 nitrogen and oxygen atoms in total. The van der Waals surface area contributed by atoms with Gasteiger partial charge in [-0.15, -0.1) is 11.8 Å². The summed E-state index contributed by atoms with van der Waals surface area (Å²) in [4.78, 5) is 9.51. The molecule has 0 spiro atoms. The fourth-order valence-corrected chi connectivity index (χ4v) is 0.995. The first-order valence-electron chi connectivity index (χ1n) is 2.94. The Balaban J connectivity index is 3.84. The number of nitro groups is 1. The van der Waals surface area contributed by atoms with Gasteiger partial charge in [0.2, 0.25) is 0 Å². The average molecular weight is 194 g/mol. The Kier molecular flexibility index (Phi) is 6.15. The van der Waals surface area contributed by atoms with Crippen molar-refractivity contribution in [1.29, 1.82) is 0 Å². The van der Waals surface area contributed by atoms with Crippen molar-refractivity contribution < 1.29 is 4.92 Å². The van der Waals surface area contributed by atoms with Crippen molar-refractivity contribution in [3.63, 3.8) is 0 Å². The van der Waals surface area contributed by atoms with E-state index in [1.54, 1.807) is 6.26 Å². The van der Waals surface area contributed by atoms with Gasteiger partial charge in [-0.3, -0.25) is 10.1 Å². The summed E-state index contributed by atoms with van der Waals surface area (Å²) in [6, 6.07) is 0. The van der Waals surface area contributed by atoms with Gasteiger partial charge >= 0.3 is 0 Å². The second-order valence-electron chi connectivity index (χ2n) is 1.63. The van der Waals surface area contributed by atoms with Crippen LogP contribution < -0.4 is 5.32 Å². The standard InChI is InChI=1S/C5H10N2O2S2/c1-11-5(4-7(8)9)6-2-3-10/h4,6,10H,2-3H2,1H3. The van der Waals surface area contributed by atoms with Crippen LogP contribution in [0.3, 0.4) is 0 Å². The zero-order valence-electron chi connectivity index (χ0n) is 6.11. The van der Waals surface area contributed by atoms with Crippen molar-refractivity contribution in [2.24, 2.45) is 0 Å². The Morgan fingerprint density at radius 3 is 2.91 bits per heavy atom. The Morgan fingerprint density at radius 2 is 2.55 bits per heavy atom. The molecule has 6 heteroatoms. The van der Waals surface area contributed by atoms with E-state index in [9.17, 15) is 10.1 Å². The summed E-state index contributed by atoms with van der Waals surface area (Å²) in [6.07, 6.45) is 2.73. The largest absolute Gasteiger partial charge is 0.374 e. The molecular formula is C5H10N2O2S2. The van der Waals surface area contributed by atoms with E-state index < -0.39 is 4.92 Å². The van der Waals surface area contributed by atoms with Crippen LogP contribution in [0.4, 0.5) is 0 Å². The van der Waals surface area contributed by atoms with Gasteiger partial charge in [0.05, 0.1) is 4.92 Å². The first-order chi connectivity index (χ1) is 5.20. The van der Waals surface area contributed by atoms with Crippen molar-refractivity contribution >= 4 is 24.4 Å². The van der Waals surface area contributed by atoms with Crippen LogP contribution in [0.25, 0.3) is 0 Å². The third-order valence-electron chi connectivity index (χ3n) is 0.854. The molecule has 0 aliphatic rings. The lowest BCUT2D eigenvalue weighted by Crippen LogP contribution is -2.14. The summed E-state index contributed by atoms with van der Waals surface area (Å²) in [5.41, 5.74) is 0. The fourth-order valence-electron chi connectivity index (χ4n) is 0.445. The topological polar surface area (TPSA) is 55.2 Å². The number of hydrogen-bond donors (Lipinski definition) is 2. The average Bonchev–Trinajstić information content (AvgIpc) is 1.97. The predicted octanol–water partition coefficient (Wildman–Crippen LogP) is 0.944. The Labute approximate surface area is 75.0 Å². The molecule has 0 heterocycles. The van der Waals surface area contributed by atoms with Gasteiger partial charge in [-0.2, -0.15) is 12.6 Å². The number of nitrogens with zero attached hydrogens (tertiary/aromatic N) is 1. The molecule has 0 fully saturated rings. The van der Waals surface area contributed by atoms with Crippen LogP contribution in [-0.2, 0) is 0 Å². The molecule has 64 valence electrons. The SMILES string of the molecule is CSC(=C[N+](=O)[O-])NCCS. The van der Waals surface area contributed by atoms with Gasteiger partial charge in [0.15, 0.2) is 0 Å². The van der Waals surface area contributed by atoms with Crippen molar-refractivity contribution in [2.75, 3.05) is 18.6 Å². The number of rotatable bonds is 5. The van der Waals surface area contributed by atoms with Gasteiger partial charge in [-0.05, 0) is 6.26 Å². The summed E-state index contributed by atoms with van der Waals surface area (Å²) >= 11 is 5.27. The predicted molar refractivity (Wildman–Crippen MR) is 50.4 cm³/mol. The summed E-state index contributed by atoms with van der Waals surface area (Å²) in [5, 5.41) is 13.4. The van der Waals surface area contributed by atoms with Gasteiger partial charge < -0.3 is 5.32 Å². The lowest BCUT2D eigenvalue weighted by molar-refractivity contribution is -0.403. The Hall–Kier alpha value is -0.360. The smallest absolute Gasteiger partial charge is 0.263 e. The van der Waals surface area contributed by atoms with Crippen molar-refractivity contribution in [1.82, 2.24) is 5.32 Å². The maximum atomic E-state index is 9.99. The van der Waals surface area contributed by atoms with E-state index in [1.165, 1.54) is 11.8 Å². The van der Waals surface area contributed by atoms with E-state index in [2.05, 4.69) is 17.9 Å². The number of nitrogens with one attached hydrogen (secondary N) is 1. The van der Waals surface area contributed by atoms with Crippen LogP contribution in [-0.4, -0.2) is 23.5 Å². The molecular weight excluding hydrogens is 184 g/mol. The van der Waals surface area contributed by atoms with E-state index in [4.69, 9.17) is 0 Å². The van der Waals surface area contributed by atoms with Crippen molar-refractivity contribution in [3.05, 3.63) is 21.3 Å². The number of hydrogen-bond acceptors (Lipinski definition) is 5. The molecule has 0 aromatic carbocycles. The number of thioether (sulfide) groups is 1. The highest BCUT2D eigenvalue weighted by Gasteiger charge is 1.98. The molecule has 0 bridgehead atoms. The Morgan fingerprint density at radius 1 is 1.91 bits per heavy atom. The van der Waals surface area contributed by atoms with Gasteiger partial charge in [0.1, 0.15) is 5.03 Å². The van der Waals surface area contributed by atoms with E-state index in [-0.39, 0.29) is 0 Å². The highest BCUT2D eigenvalue weighted by atomic mass is 32.2. The van der Waals surface area contributed by atoms with Gasteiger partial charge in [-0.25, -0.2) is 0 Å². The van der Waals surface area contributed by atoms with E-state index in [0.29, 0.717) is 17.3 Å². The first kappa shape index (κ1) is 10.6. The summed E-state index contributed by atoms with van der Waals surface area (Å²) in [7, 11) is 0. The van der Waals surface area contributed by atoms with Gasteiger partial charge in [-0.1, -0.05) is 0 Å². The molecule has 0 radical (unpaired) electrons. The lowest BCUT2D eigenvalue weighted by Gasteiger charge is -2.01. The molecule has 0 saturated carbocycles. The van der Waals surface area contributed by atoms with E-state index >= 15 is 0 Å². The van der Waals surface area contributed by atoms with Gasteiger partial charge in [0, 0.05) is 12.3 Å². The molecule has 0 aliphatic heterocycles. The minimum absolute atomic E-state index is 0.475.